The van der Waals surface area contributed by atoms with Gasteiger partial charge in [-0.1, -0.05) is 30.2 Å². The Morgan fingerprint density at radius 2 is 2.08 bits per heavy atom. The van der Waals surface area contributed by atoms with Crippen LogP contribution in [0.1, 0.15) is 15.9 Å². The molecule has 1 aromatic rings. The first kappa shape index (κ1) is 7.08. The van der Waals surface area contributed by atoms with Gasteiger partial charge in [0, 0.05) is 11.1 Å². The molecular weight excluding hydrogens is 152 g/mol. The van der Waals surface area contributed by atoms with E-state index in [9.17, 15) is 9.90 Å². The fourth-order valence-electron chi connectivity index (χ4n) is 1.39. The molecular formula is C10H6O2. The largest absolute Gasteiger partial charge is 0.367 e. The number of Topliss-reactive ketones (excluding diaryl/α,β-unsaturated/α-hetero) is 1. The maximum Gasteiger partial charge on any atom is 0.215 e. The summed E-state index contributed by atoms with van der Waals surface area (Å²) < 4.78 is 0. The minimum Gasteiger partial charge on any atom is -0.367 e. The number of carbonyl (C=O) groups is 1. The van der Waals surface area contributed by atoms with Gasteiger partial charge in [-0.3, -0.25) is 4.79 Å². The fourth-order valence-corrected chi connectivity index (χ4v) is 1.39. The maximum absolute atomic E-state index is 11.2. The van der Waals surface area contributed by atoms with Crippen molar-refractivity contribution < 1.29 is 9.90 Å². The van der Waals surface area contributed by atoms with E-state index in [4.69, 9.17) is 6.42 Å². The number of terminal acetylenes is 1. The van der Waals surface area contributed by atoms with E-state index < -0.39 is 5.60 Å². The SMILES string of the molecule is C#CC1(O)C(=O)c2ccccc21. The number of benzene rings is 1. The lowest BCUT2D eigenvalue weighted by Gasteiger charge is -2.32. The molecule has 2 rings (SSSR count). The Hall–Kier alpha value is -1.59. The Balaban J connectivity index is 2.67. The van der Waals surface area contributed by atoms with Gasteiger partial charge in [-0.05, 0) is 0 Å². The molecule has 2 heteroatoms. The van der Waals surface area contributed by atoms with Crippen LogP contribution in [0.3, 0.4) is 0 Å². The molecule has 0 amide bonds. The molecule has 1 aliphatic carbocycles. The quantitative estimate of drug-likeness (QED) is 0.564. The predicted octanol–water partition coefficient (Wildman–Crippen LogP) is 0.704. The van der Waals surface area contributed by atoms with Gasteiger partial charge in [0.2, 0.25) is 11.4 Å². The second-order valence-electron chi connectivity index (χ2n) is 2.73. The molecule has 1 unspecified atom stereocenters. The third-order valence-corrected chi connectivity index (χ3v) is 2.10. The minimum atomic E-state index is -1.66. The smallest absolute Gasteiger partial charge is 0.215 e. The van der Waals surface area contributed by atoms with Crippen molar-refractivity contribution in [2.24, 2.45) is 0 Å². The van der Waals surface area contributed by atoms with E-state index in [2.05, 4.69) is 5.92 Å². The number of ketones is 1. The molecule has 1 aromatic carbocycles. The van der Waals surface area contributed by atoms with Gasteiger partial charge < -0.3 is 5.11 Å². The van der Waals surface area contributed by atoms with Gasteiger partial charge in [-0.15, -0.1) is 6.42 Å². The van der Waals surface area contributed by atoms with Crippen LogP contribution in [-0.2, 0) is 5.60 Å². The fraction of sp³-hybridized carbons (Fsp3) is 0.100. The standard InChI is InChI=1S/C10H6O2/c1-2-10(12)8-6-4-3-5-7(8)9(10)11/h1,3-6,12H. The molecule has 0 spiro atoms. The summed E-state index contributed by atoms with van der Waals surface area (Å²) in [6, 6.07) is 6.81. The van der Waals surface area contributed by atoms with Crippen LogP contribution in [0.15, 0.2) is 24.3 Å². The van der Waals surface area contributed by atoms with Crippen molar-refractivity contribution in [1.82, 2.24) is 0 Å². The Labute approximate surface area is 69.8 Å². The highest BCUT2D eigenvalue weighted by Gasteiger charge is 2.48. The zero-order valence-corrected chi connectivity index (χ0v) is 6.24. The first-order valence-electron chi connectivity index (χ1n) is 3.54. The number of aliphatic hydroxyl groups is 1. The van der Waals surface area contributed by atoms with Crippen LogP contribution in [0, 0.1) is 12.3 Å². The average Bonchev–Trinajstić information content (AvgIpc) is 2.16. The van der Waals surface area contributed by atoms with Gasteiger partial charge in [-0.2, -0.15) is 0 Å². The van der Waals surface area contributed by atoms with Gasteiger partial charge in [-0.25, -0.2) is 0 Å². The molecule has 58 valence electrons. The molecule has 0 radical (unpaired) electrons. The van der Waals surface area contributed by atoms with E-state index in [1.54, 1.807) is 24.3 Å². The zero-order chi connectivity index (χ0) is 8.77. The van der Waals surface area contributed by atoms with Gasteiger partial charge in [0.1, 0.15) is 0 Å². The predicted molar refractivity (Wildman–Crippen MR) is 43.5 cm³/mol. The zero-order valence-electron chi connectivity index (χ0n) is 6.24. The molecule has 1 atom stereocenters. The van der Waals surface area contributed by atoms with Crippen molar-refractivity contribution in [3.8, 4) is 12.3 Å². The number of fused-ring (bicyclic) bond motifs is 1. The lowest BCUT2D eigenvalue weighted by Crippen LogP contribution is -2.44. The summed E-state index contributed by atoms with van der Waals surface area (Å²) >= 11 is 0. The summed E-state index contributed by atoms with van der Waals surface area (Å²) in [5.41, 5.74) is -0.591. The van der Waals surface area contributed by atoms with Crippen LogP contribution in [0.4, 0.5) is 0 Å². The summed E-state index contributed by atoms with van der Waals surface area (Å²) in [7, 11) is 0. The molecule has 0 saturated carbocycles. The van der Waals surface area contributed by atoms with Crippen molar-refractivity contribution in [1.29, 1.82) is 0 Å². The molecule has 12 heavy (non-hydrogen) atoms. The van der Waals surface area contributed by atoms with Crippen molar-refractivity contribution in [2.75, 3.05) is 0 Å². The second kappa shape index (κ2) is 1.96. The lowest BCUT2D eigenvalue weighted by molar-refractivity contribution is 0.0452. The van der Waals surface area contributed by atoms with Crippen LogP contribution in [0.5, 0.6) is 0 Å². The van der Waals surface area contributed by atoms with E-state index >= 15 is 0 Å². The summed E-state index contributed by atoms with van der Waals surface area (Å²) in [5.74, 6) is 1.72. The minimum absolute atomic E-state index is 0.374. The van der Waals surface area contributed by atoms with E-state index in [0.29, 0.717) is 11.1 Å². The molecule has 0 aromatic heterocycles. The van der Waals surface area contributed by atoms with Crippen molar-refractivity contribution in [3.63, 3.8) is 0 Å². The van der Waals surface area contributed by atoms with Gasteiger partial charge >= 0.3 is 0 Å². The average molecular weight is 158 g/mol. The first-order valence-corrected chi connectivity index (χ1v) is 3.54. The third kappa shape index (κ3) is 0.572. The Morgan fingerprint density at radius 1 is 1.42 bits per heavy atom. The van der Waals surface area contributed by atoms with E-state index in [0.717, 1.165) is 0 Å². The highest BCUT2D eigenvalue weighted by molar-refractivity contribution is 6.14. The van der Waals surface area contributed by atoms with Crippen LogP contribution in [-0.4, -0.2) is 10.9 Å². The summed E-state index contributed by atoms with van der Waals surface area (Å²) in [5, 5.41) is 9.55. The topological polar surface area (TPSA) is 37.3 Å². The van der Waals surface area contributed by atoms with Crippen LogP contribution in [0.25, 0.3) is 0 Å². The van der Waals surface area contributed by atoms with Gasteiger partial charge in [0.05, 0.1) is 0 Å². The highest BCUT2D eigenvalue weighted by atomic mass is 16.3. The summed E-state index contributed by atoms with van der Waals surface area (Å²) in [6.07, 6.45) is 5.05. The first-order chi connectivity index (χ1) is 5.70. The van der Waals surface area contributed by atoms with Crippen molar-refractivity contribution >= 4 is 5.78 Å². The number of rotatable bonds is 0. The molecule has 1 aliphatic rings. The molecule has 1 N–H and O–H groups in total. The third-order valence-electron chi connectivity index (χ3n) is 2.10. The number of hydrogen-bond donors (Lipinski definition) is 1. The Bertz CT molecular complexity index is 401. The summed E-state index contributed by atoms with van der Waals surface area (Å²) in [6.45, 7) is 0. The maximum atomic E-state index is 11.2. The highest BCUT2D eigenvalue weighted by Crippen LogP contribution is 2.37. The van der Waals surface area contributed by atoms with E-state index in [1.807, 2.05) is 0 Å². The summed E-state index contributed by atoms with van der Waals surface area (Å²) in [4.78, 5) is 11.2. The molecule has 0 fully saturated rings. The Kier molecular flexibility index (Phi) is 1.16. The van der Waals surface area contributed by atoms with Crippen LogP contribution in [0.2, 0.25) is 0 Å². The van der Waals surface area contributed by atoms with Gasteiger partial charge in [0.25, 0.3) is 0 Å². The van der Waals surface area contributed by atoms with Crippen molar-refractivity contribution in [3.05, 3.63) is 35.4 Å². The van der Waals surface area contributed by atoms with Crippen LogP contribution >= 0.6 is 0 Å². The molecule has 0 aliphatic heterocycles. The van der Waals surface area contributed by atoms with Gasteiger partial charge in [0.15, 0.2) is 0 Å². The lowest BCUT2D eigenvalue weighted by atomic mass is 9.73. The number of hydrogen-bond acceptors (Lipinski definition) is 2. The molecule has 0 heterocycles. The van der Waals surface area contributed by atoms with E-state index in [-0.39, 0.29) is 5.78 Å². The van der Waals surface area contributed by atoms with Crippen molar-refractivity contribution in [2.45, 2.75) is 5.60 Å². The number of carbonyl (C=O) groups excluding carboxylic acids is 1. The molecule has 0 saturated heterocycles. The molecule has 0 bridgehead atoms. The second-order valence-corrected chi connectivity index (χ2v) is 2.73. The normalized spacial score (nSPS) is 25.5. The molecule has 2 nitrogen and oxygen atoms in total. The van der Waals surface area contributed by atoms with E-state index in [1.165, 1.54) is 0 Å². The monoisotopic (exact) mass is 158 g/mol. The Morgan fingerprint density at radius 3 is 2.75 bits per heavy atom. The van der Waals surface area contributed by atoms with Crippen LogP contribution < -0.4 is 0 Å².